The van der Waals surface area contributed by atoms with Crippen molar-refractivity contribution >= 4 is 17.7 Å². The molecular formula is C20H16F7NO2. The van der Waals surface area contributed by atoms with Crippen molar-refractivity contribution in [2.24, 2.45) is 0 Å². The second kappa shape index (κ2) is 8.76. The largest absolute Gasteiger partial charge is 0.464 e. The lowest BCUT2D eigenvalue weighted by atomic mass is 9.99. The lowest BCUT2D eigenvalue weighted by Crippen LogP contribution is -2.43. The van der Waals surface area contributed by atoms with Crippen LogP contribution in [0.5, 0.6) is 0 Å². The van der Waals surface area contributed by atoms with E-state index in [0.29, 0.717) is 5.56 Å². The van der Waals surface area contributed by atoms with Crippen molar-refractivity contribution < 1.29 is 40.3 Å². The third-order valence-electron chi connectivity index (χ3n) is 4.04. The van der Waals surface area contributed by atoms with Crippen LogP contribution in [-0.2, 0) is 15.7 Å². The first kappa shape index (κ1) is 23.2. The van der Waals surface area contributed by atoms with Crippen LogP contribution < -0.4 is 5.32 Å². The Balaban J connectivity index is 2.58. The average molecular weight is 435 g/mol. The van der Waals surface area contributed by atoms with E-state index in [2.05, 4.69) is 0 Å². The van der Waals surface area contributed by atoms with Crippen LogP contribution in [0, 0.1) is 23.3 Å². The third-order valence-corrected chi connectivity index (χ3v) is 4.04. The van der Waals surface area contributed by atoms with Crippen molar-refractivity contribution in [2.75, 3.05) is 11.9 Å². The minimum atomic E-state index is -5.67. The van der Waals surface area contributed by atoms with Gasteiger partial charge in [0.1, 0.15) is 11.3 Å². The molecule has 2 rings (SSSR count). The molecule has 0 aliphatic carbocycles. The van der Waals surface area contributed by atoms with Crippen molar-refractivity contribution in [3.05, 3.63) is 70.8 Å². The summed E-state index contributed by atoms with van der Waals surface area (Å²) in [6.45, 7) is 2.38. The molecule has 3 nitrogen and oxygen atoms in total. The summed E-state index contributed by atoms with van der Waals surface area (Å²) in [5, 5.41) is 1.95. The van der Waals surface area contributed by atoms with Gasteiger partial charge in [-0.25, -0.2) is 22.4 Å². The molecule has 2 aromatic rings. The Hall–Kier alpha value is -3.04. The molecule has 0 saturated heterocycles. The molecule has 0 bridgehead atoms. The fraction of sp³-hybridized carbons (Fsp3) is 0.250. The summed E-state index contributed by atoms with van der Waals surface area (Å²) in [6, 6.07) is 8.28. The molecule has 30 heavy (non-hydrogen) atoms. The van der Waals surface area contributed by atoms with Crippen LogP contribution in [0.3, 0.4) is 0 Å². The number of hydrogen-bond acceptors (Lipinski definition) is 3. The molecule has 0 spiro atoms. The van der Waals surface area contributed by atoms with E-state index in [-0.39, 0.29) is 6.61 Å². The Kier molecular flexibility index (Phi) is 6.79. The minimum Gasteiger partial charge on any atom is -0.464 e. The number of esters is 1. The fourth-order valence-corrected chi connectivity index (χ4v) is 2.52. The Bertz CT molecular complexity index is 929. The molecular weight excluding hydrogens is 419 g/mol. The Morgan fingerprint density at radius 3 is 2.00 bits per heavy atom. The normalized spacial score (nSPS) is 13.9. The highest BCUT2D eigenvalue weighted by Gasteiger charge is 2.44. The standard InChI is InChI=1S/C20H16F7NO2/c1-3-30-18(29)19(2,10-9-11-7-5-4-6-8-11)28-17-15(23)13(21)12(20(25,26)27)14(22)16(17)24/h4-10,28H,3H2,1-2H3/b10-9+. The number of benzene rings is 2. The van der Waals surface area contributed by atoms with Crippen molar-refractivity contribution in [3.8, 4) is 0 Å². The predicted molar refractivity (Wildman–Crippen MR) is 95.4 cm³/mol. The summed E-state index contributed by atoms with van der Waals surface area (Å²) in [7, 11) is 0. The summed E-state index contributed by atoms with van der Waals surface area (Å²) in [6.07, 6.45) is -3.21. The molecule has 0 aromatic heterocycles. The first-order chi connectivity index (χ1) is 13.9. The highest BCUT2D eigenvalue weighted by atomic mass is 19.4. The van der Waals surface area contributed by atoms with Crippen LogP contribution in [0.1, 0.15) is 25.0 Å². The lowest BCUT2D eigenvalue weighted by molar-refractivity contribution is -0.146. The molecule has 0 fully saturated rings. The zero-order chi connectivity index (χ0) is 22.7. The van der Waals surface area contributed by atoms with Gasteiger partial charge in [-0.05, 0) is 25.5 Å². The summed E-state index contributed by atoms with van der Waals surface area (Å²) in [5.41, 5.74) is -5.81. The maximum atomic E-state index is 14.3. The second-order valence-corrected chi connectivity index (χ2v) is 6.30. The molecule has 1 atom stereocenters. The number of hydrogen-bond donors (Lipinski definition) is 1. The summed E-state index contributed by atoms with van der Waals surface area (Å²) >= 11 is 0. The van der Waals surface area contributed by atoms with Crippen LogP contribution in [-0.4, -0.2) is 18.1 Å². The molecule has 0 saturated carbocycles. The van der Waals surface area contributed by atoms with Gasteiger partial charge < -0.3 is 10.1 Å². The van der Waals surface area contributed by atoms with Gasteiger partial charge in [0.25, 0.3) is 0 Å². The zero-order valence-electron chi connectivity index (χ0n) is 15.7. The molecule has 0 amide bonds. The number of carbonyl (C=O) groups excluding carboxylic acids is 1. The van der Waals surface area contributed by atoms with Gasteiger partial charge in [0.05, 0.1) is 6.61 Å². The summed E-state index contributed by atoms with van der Waals surface area (Å²) in [5.74, 6) is -11.0. The number of anilines is 1. The Labute approximate surface area is 167 Å². The van der Waals surface area contributed by atoms with E-state index in [1.54, 1.807) is 30.3 Å². The molecule has 2 aromatic carbocycles. The number of ether oxygens (including phenoxy) is 1. The number of nitrogens with one attached hydrogen (secondary N) is 1. The minimum absolute atomic E-state index is 0.143. The van der Waals surface area contributed by atoms with Crippen LogP contribution in [0.4, 0.5) is 36.4 Å². The van der Waals surface area contributed by atoms with Crippen LogP contribution >= 0.6 is 0 Å². The number of rotatable bonds is 6. The highest BCUT2D eigenvalue weighted by Crippen LogP contribution is 2.39. The smallest absolute Gasteiger partial charge is 0.422 e. The van der Waals surface area contributed by atoms with Gasteiger partial charge in [-0.3, -0.25) is 0 Å². The first-order valence-corrected chi connectivity index (χ1v) is 8.55. The summed E-state index contributed by atoms with van der Waals surface area (Å²) in [4.78, 5) is 12.4. The Morgan fingerprint density at radius 2 is 1.53 bits per heavy atom. The van der Waals surface area contributed by atoms with Gasteiger partial charge in [0.15, 0.2) is 28.8 Å². The maximum absolute atomic E-state index is 14.3. The molecule has 0 heterocycles. The molecule has 10 heteroatoms. The van der Waals surface area contributed by atoms with Crippen LogP contribution in [0.15, 0.2) is 36.4 Å². The van der Waals surface area contributed by atoms with E-state index >= 15 is 0 Å². The van der Waals surface area contributed by atoms with E-state index in [9.17, 15) is 35.5 Å². The van der Waals surface area contributed by atoms with E-state index in [4.69, 9.17) is 4.74 Å². The molecule has 162 valence electrons. The van der Waals surface area contributed by atoms with Gasteiger partial charge in [0, 0.05) is 0 Å². The van der Waals surface area contributed by atoms with Crippen molar-refractivity contribution in [3.63, 3.8) is 0 Å². The predicted octanol–water partition coefficient (Wildman–Crippen LogP) is 5.71. The van der Waals surface area contributed by atoms with E-state index in [1.807, 2.05) is 5.32 Å². The lowest BCUT2D eigenvalue weighted by Gasteiger charge is -2.27. The van der Waals surface area contributed by atoms with E-state index < -0.39 is 52.2 Å². The van der Waals surface area contributed by atoms with E-state index in [1.165, 1.54) is 13.0 Å². The molecule has 1 unspecified atom stereocenters. The third kappa shape index (κ3) is 4.74. The first-order valence-electron chi connectivity index (χ1n) is 8.55. The van der Waals surface area contributed by atoms with Crippen molar-refractivity contribution in [1.29, 1.82) is 0 Å². The number of carbonyl (C=O) groups is 1. The summed E-state index contributed by atoms with van der Waals surface area (Å²) < 4.78 is 99.4. The Morgan fingerprint density at radius 1 is 1.00 bits per heavy atom. The van der Waals surface area contributed by atoms with Gasteiger partial charge >= 0.3 is 12.1 Å². The van der Waals surface area contributed by atoms with E-state index in [0.717, 1.165) is 13.0 Å². The number of halogens is 7. The monoisotopic (exact) mass is 435 g/mol. The molecule has 1 N–H and O–H groups in total. The fourth-order valence-electron chi connectivity index (χ4n) is 2.52. The van der Waals surface area contributed by atoms with Gasteiger partial charge in [-0.2, -0.15) is 13.2 Å². The number of alkyl halides is 3. The van der Waals surface area contributed by atoms with Gasteiger partial charge in [-0.15, -0.1) is 0 Å². The zero-order valence-corrected chi connectivity index (χ0v) is 15.7. The second-order valence-electron chi connectivity index (χ2n) is 6.30. The van der Waals surface area contributed by atoms with Crippen molar-refractivity contribution in [2.45, 2.75) is 25.6 Å². The molecule has 0 aliphatic rings. The molecule has 0 aliphatic heterocycles. The maximum Gasteiger partial charge on any atom is 0.422 e. The van der Waals surface area contributed by atoms with Crippen molar-refractivity contribution in [1.82, 2.24) is 0 Å². The van der Waals surface area contributed by atoms with Gasteiger partial charge in [-0.1, -0.05) is 36.4 Å². The molecule has 0 radical (unpaired) electrons. The topological polar surface area (TPSA) is 38.3 Å². The van der Waals surface area contributed by atoms with Gasteiger partial charge in [0.2, 0.25) is 0 Å². The van der Waals surface area contributed by atoms with Crippen LogP contribution in [0.2, 0.25) is 0 Å². The highest BCUT2D eigenvalue weighted by molar-refractivity contribution is 5.88. The SMILES string of the molecule is CCOC(=O)C(C)(/C=C/c1ccccc1)Nc1c(F)c(F)c(C(F)(F)F)c(F)c1F. The van der Waals surface area contributed by atoms with Crippen LogP contribution in [0.25, 0.3) is 6.08 Å². The average Bonchev–Trinajstić information content (AvgIpc) is 2.68. The quantitative estimate of drug-likeness (QED) is 0.359.